The van der Waals surface area contributed by atoms with Gasteiger partial charge < -0.3 is 15.2 Å². The normalized spacial score (nSPS) is 15.2. The fraction of sp³-hybridized carbons (Fsp3) is 0.562. The average molecular weight is 276 g/mol. The molecule has 4 heteroatoms. The Labute approximate surface area is 121 Å². The van der Waals surface area contributed by atoms with Crippen molar-refractivity contribution >= 4 is 0 Å². The molecule has 0 fully saturated rings. The van der Waals surface area contributed by atoms with Gasteiger partial charge in [-0.2, -0.15) is 5.26 Å². The summed E-state index contributed by atoms with van der Waals surface area (Å²) in [5, 5.41) is 21.9. The highest BCUT2D eigenvalue weighted by molar-refractivity contribution is 5.29. The lowest BCUT2D eigenvalue weighted by molar-refractivity contribution is 0.0476. The van der Waals surface area contributed by atoms with Crippen molar-refractivity contribution in [2.45, 2.75) is 45.3 Å². The molecule has 4 nitrogen and oxygen atoms in total. The van der Waals surface area contributed by atoms with Gasteiger partial charge in [0.25, 0.3) is 0 Å². The highest BCUT2D eigenvalue weighted by atomic mass is 16.5. The van der Waals surface area contributed by atoms with Crippen LogP contribution in [0.2, 0.25) is 0 Å². The van der Waals surface area contributed by atoms with Gasteiger partial charge in [0.05, 0.1) is 5.60 Å². The molecular formula is C16H24N2O2. The Balaban J connectivity index is 2.51. The van der Waals surface area contributed by atoms with Crippen LogP contribution in [0, 0.1) is 11.3 Å². The molecule has 0 aliphatic carbocycles. The van der Waals surface area contributed by atoms with Crippen LogP contribution in [0.1, 0.15) is 45.2 Å². The van der Waals surface area contributed by atoms with Crippen LogP contribution in [0.15, 0.2) is 24.3 Å². The van der Waals surface area contributed by atoms with Crippen LogP contribution in [0.5, 0.6) is 5.75 Å². The maximum atomic E-state index is 10.1. The van der Waals surface area contributed by atoms with Crippen molar-refractivity contribution in [2.75, 3.05) is 13.2 Å². The molecule has 110 valence electrons. The van der Waals surface area contributed by atoms with Gasteiger partial charge in [0, 0.05) is 12.6 Å². The minimum Gasteiger partial charge on any atom is -0.479 e. The molecule has 2 unspecified atom stereocenters. The van der Waals surface area contributed by atoms with Crippen molar-refractivity contribution in [3.63, 3.8) is 0 Å². The lowest BCUT2D eigenvalue weighted by Crippen LogP contribution is -2.38. The second kappa shape index (κ2) is 7.88. The SMILES string of the molecule is CCCC(C)(O)CNC(C)c1ccc(OCC#N)cc1. The van der Waals surface area contributed by atoms with Crippen LogP contribution in [0.3, 0.4) is 0 Å². The van der Waals surface area contributed by atoms with Gasteiger partial charge in [-0.1, -0.05) is 25.5 Å². The summed E-state index contributed by atoms with van der Waals surface area (Å²) < 4.78 is 5.21. The van der Waals surface area contributed by atoms with E-state index in [2.05, 4.69) is 19.2 Å². The number of nitriles is 1. The van der Waals surface area contributed by atoms with Gasteiger partial charge in [0.2, 0.25) is 0 Å². The van der Waals surface area contributed by atoms with Gasteiger partial charge >= 0.3 is 0 Å². The number of rotatable bonds is 8. The summed E-state index contributed by atoms with van der Waals surface area (Å²) in [5.41, 5.74) is 0.459. The lowest BCUT2D eigenvalue weighted by atomic mass is 9.99. The molecule has 0 aliphatic heterocycles. The molecule has 2 atom stereocenters. The predicted molar refractivity (Wildman–Crippen MR) is 79.5 cm³/mol. The zero-order valence-corrected chi connectivity index (χ0v) is 12.5. The molecule has 1 rings (SSSR count). The topological polar surface area (TPSA) is 65.3 Å². The first kappa shape index (κ1) is 16.5. The van der Waals surface area contributed by atoms with Gasteiger partial charge in [-0.15, -0.1) is 0 Å². The van der Waals surface area contributed by atoms with E-state index in [1.54, 1.807) is 0 Å². The Bertz CT molecular complexity index is 435. The quantitative estimate of drug-likeness (QED) is 0.766. The maximum absolute atomic E-state index is 10.1. The molecule has 0 aliphatic rings. The molecule has 2 N–H and O–H groups in total. The number of nitrogens with zero attached hydrogens (tertiary/aromatic N) is 1. The third-order valence-corrected chi connectivity index (χ3v) is 3.26. The molecule has 1 aromatic carbocycles. The summed E-state index contributed by atoms with van der Waals surface area (Å²) in [6, 6.07) is 9.75. The smallest absolute Gasteiger partial charge is 0.174 e. The lowest BCUT2D eigenvalue weighted by Gasteiger charge is -2.25. The fourth-order valence-corrected chi connectivity index (χ4v) is 2.09. The van der Waals surface area contributed by atoms with E-state index in [1.807, 2.05) is 37.3 Å². The molecule has 0 bridgehead atoms. The summed E-state index contributed by atoms with van der Waals surface area (Å²) in [4.78, 5) is 0. The third kappa shape index (κ3) is 5.60. The first-order chi connectivity index (χ1) is 9.48. The van der Waals surface area contributed by atoms with Gasteiger partial charge in [-0.05, 0) is 38.0 Å². The van der Waals surface area contributed by atoms with Gasteiger partial charge in [-0.3, -0.25) is 0 Å². The van der Waals surface area contributed by atoms with E-state index in [4.69, 9.17) is 10.00 Å². The molecule has 1 aromatic rings. The number of ether oxygens (including phenoxy) is 1. The second-order valence-corrected chi connectivity index (χ2v) is 5.37. The second-order valence-electron chi connectivity index (χ2n) is 5.37. The monoisotopic (exact) mass is 276 g/mol. The van der Waals surface area contributed by atoms with Crippen LogP contribution in [0.25, 0.3) is 0 Å². The Morgan fingerprint density at radius 3 is 2.60 bits per heavy atom. The largest absolute Gasteiger partial charge is 0.479 e. The molecule has 0 aromatic heterocycles. The van der Waals surface area contributed by atoms with E-state index < -0.39 is 5.60 Å². The molecule has 0 radical (unpaired) electrons. The van der Waals surface area contributed by atoms with E-state index in [-0.39, 0.29) is 12.6 Å². The Morgan fingerprint density at radius 2 is 2.05 bits per heavy atom. The number of nitrogens with one attached hydrogen (secondary N) is 1. The summed E-state index contributed by atoms with van der Waals surface area (Å²) in [7, 11) is 0. The summed E-state index contributed by atoms with van der Waals surface area (Å²) in [5.74, 6) is 0.695. The summed E-state index contributed by atoms with van der Waals surface area (Å²) >= 11 is 0. The van der Waals surface area contributed by atoms with Crippen LogP contribution < -0.4 is 10.1 Å². The molecule has 0 heterocycles. The fourth-order valence-electron chi connectivity index (χ4n) is 2.09. The van der Waals surface area contributed by atoms with Gasteiger partial charge in [-0.25, -0.2) is 0 Å². The van der Waals surface area contributed by atoms with Crippen molar-refractivity contribution in [3.05, 3.63) is 29.8 Å². The van der Waals surface area contributed by atoms with Crippen LogP contribution in [-0.4, -0.2) is 23.9 Å². The number of hydrogen-bond donors (Lipinski definition) is 2. The van der Waals surface area contributed by atoms with Crippen molar-refractivity contribution in [2.24, 2.45) is 0 Å². The average Bonchev–Trinajstić information content (AvgIpc) is 2.43. The number of aliphatic hydroxyl groups is 1. The maximum Gasteiger partial charge on any atom is 0.174 e. The van der Waals surface area contributed by atoms with E-state index in [9.17, 15) is 5.11 Å². The van der Waals surface area contributed by atoms with Crippen molar-refractivity contribution in [3.8, 4) is 11.8 Å². The predicted octanol–water partition coefficient (Wildman–Crippen LogP) is 2.79. The van der Waals surface area contributed by atoms with E-state index in [0.29, 0.717) is 12.3 Å². The summed E-state index contributed by atoms with van der Waals surface area (Å²) in [6.07, 6.45) is 1.75. The minimum absolute atomic E-state index is 0.0625. The van der Waals surface area contributed by atoms with E-state index in [1.165, 1.54) is 0 Å². The zero-order valence-electron chi connectivity index (χ0n) is 12.5. The molecule has 0 amide bonds. The minimum atomic E-state index is -0.668. The Morgan fingerprint density at radius 1 is 1.40 bits per heavy atom. The van der Waals surface area contributed by atoms with Crippen molar-refractivity contribution < 1.29 is 9.84 Å². The number of hydrogen-bond acceptors (Lipinski definition) is 4. The van der Waals surface area contributed by atoms with Gasteiger partial charge in [0.15, 0.2) is 6.61 Å². The molecule has 0 saturated carbocycles. The highest BCUT2D eigenvalue weighted by Crippen LogP contribution is 2.19. The summed E-state index contributed by atoms with van der Waals surface area (Å²) in [6.45, 7) is 6.61. The Kier molecular flexibility index (Phi) is 6.50. The number of benzene rings is 1. The zero-order chi connectivity index (χ0) is 15.0. The van der Waals surface area contributed by atoms with Crippen molar-refractivity contribution in [1.29, 1.82) is 5.26 Å². The first-order valence-electron chi connectivity index (χ1n) is 7.04. The highest BCUT2D eigenvalue weighted by Gasteiger charge is 2.19. The first-order valence-corrected chi connectivity index (χ1v) is 7.04. The van der Waals surface area contributed by atoms with Crippen LogP contribution in [0.4, 0.5) is 0 Å². The Hall–Kier alpha value is -1.57. The standard InChI is InChI=1S/C16H24N2O2/c1-4-9-16(3,19)12-18-13(2)14-5-7-15(8-6-14)20-11-10-17/h5-8,13,18-19H,4,9,11-12H2,1-3H3. The molecule has 0 spiro atoms. The van der Waals surface area contributed by atoms with Crippen LogP contribution >= 0.6 is 0 Å². The van der Waals surface area contributed by atoms with Crippen molar-refractivity contribution in [1.82, 2.24) is 5.32 Å². The van der Waals surface area contributed by atoms with E-state index >= 15 is 0 Å². The van der Waals surface area contributed by atoms with Crippen LogP contribution in [-0.2, 0) is 0 Å². The van der Waals surface area contributed by atoms with E-state index in [0.717, 1.165) is 18.4 Å². The van der Waals surface area contributed by atoms with Gasteiger partial charge in [0.1, 0.15) is 11.8 Å². The third-order valence-electron chi connectivity index (χ3n) is 3.26. The molecule has 0 saturated heterocycles. The molecular weight excluding hydrogens is 252 g/mol. The molecule has 20 heavy (non-hydrogen) atoms.